The second-order valence-corrected chi connectivity index (χ2v) is 6.38. The summed E-state index contributed by atoms with van der Waals surface area (Å²) in [5.41, 5.74) is 1.17. The molecule has 0 N–H and O–H groups in total. The highest BCUT2D eigenvalue weighted by Crippen LogP contribution is 2.34. The Bertz CT molecular complexity index is 480. The largest absolute Gasteiger partial charge is 0.379 e. The number of aryl methyl sites for hydroxylation is 1. The molecular formula is C16H26N4O2. The topological polar surface area (TPSA) is 50.7 Å². The van der Waals surface area contributed by atoms with E-state index in [1.54, 1.807) is 0 Å². The zero-order valence-electron chi connectivity index (χ0n) is 13.7. The molecule has 6 heteroatoms. The summed E-state index contributed by atoms with van der Waals surface area (Å²) in [5.74, 6) is 1.23. The minimum absolute atomic E-state index is 0.210. The van der Waals surface area contributed by atoms with Crippen LogP contribution in [0.15, 0.2) is 12.4 Å². The summed E-state index contributed by atoms with van der Waals surface area (Å²) in [6.07, 6.45) is 5.02. The SMILES string of the molecule is CCc1cnc(N2C[C@H](OCCN(C)C)[C@@H]3COC[C@@H]32)nc1. The number of hydrogen-bond acceptors (Lipinski definition) is 6. The summed E-state index contributed by atoms with van der Waals surface area (Å²) in [6, 6.07) is 0.344. The summed E-state index contributed by atoms with van der Waals surface area (Å²) in [4.78, 5) is 13.5. The smallest absolute Gasteiger partial charge is 0.225 e. The highest BCUT2D eigenvalue weighted by Gasteiger charge is 2.47. The lowest BCUT2D eigenvalue weighted by Crippen LogP contribution is -2.34. The van der Waals surface area contributed by atoms with Gasteiger partial charge in [-0.2, -0.15) is 0 Å². The third-order valence-corrected chi connectivity index (χ3v) is 4.57. The fraction of sp³-hybridized carbons (Fsp3) is 0.750. The molecule has 2 aliphatic heterocycles. The molecule has 0 radical (unpaired) electrons. The predicted molar refractivity (Wildman–Crippen MR) is 85.1 cm³/mol. The van der Waals surface area contributed by atoms with Crippen molar-refractivity contribution in [2.45, 2.75) is 25.5 Å². The van der Waals surface area contributed by atoms with Gasteiger partial charge >= 0.3 is 0 Å². The van der Waals surface area contributed by atoms with Gasteiger partial charge in [0.2, 0.25) is 5.95 Å². The number of rotatable bonds is 6. The first-order chi connectivity index (χ1) is 10.7. The van der Waals surface area contributed by atoms with Gasteiger partial charge in [-0.3, -0.25) is 0 Å². The Balaban J connectivity index is 1.67. The highest BCUT2D eigenvalue weighted by atomic mass is 16.5. The van der Waals surface area contributed by atoms with E-state index >= 15 is 0 Å². The van der Waals surface area contributed by atoms with Gasteiger partial charge in [-0.05, 0) is 26.1 Å². The molecular weight excluding hydrogens is 280 g/mol. The molecule has 0 aromatic carbocycles. The Morgan fingerprint density at radius 2 is 2.09 bits per heavy atom. The second kappa shape index (κ2) is 6.89. The number of nitrogens with zero attached hydrogens (tertiary/aromatic N) is 4. The van der Waals surface area contributed by atoms with Crippen LogP contribution in [0.5, 0.6) is 0 Å². The normalized spacial score (nSPS) is 27.6. The van der Waals surface area contributed by atoms with Gasteiger partial charge in [0.05, 0.1) is 32.0 Å². The first kappa shape index (κ1) is 15.6. The van der Waals surface area contributed by atoms with Gasteiger partial charge in [0.15, 0.2) is 0 Å². The number of fused-ring (bicyclic) bond motifs is 1. The third-order valence-electron chi connectivity index (χ3n) is 4.57. The van der Waals surface area contributed by atoms with Crippen LogP contribution < -0.4 is 4.90 Å². The molecule has 2 saturated heterocycles. The average Bonchev–Trinajstić information content (AvgIpc) is 3.10. The molecule has 3 atom stereocenters. The number of ether oxygens (including phenoxy) is 2. The Morgan fingerprint density at radius 3 is 2.77 bits per heavy atom. The Morgan fingerprint density at radius 1 is 1.32 bits per heavy atom. The van der Waals surface area contributed by atoms with E-state index in [4.69, 9.17) is 9.47 Å². The van der Waals surface area contributed by atoms with Gasteiger partial charge < -0.3 is 19.3 Å². The van der Waals surface area contributed by atoms with Crippen LogP contribution in [0.25, 0.3) is 0 Å². The second-order valence-electron chi connectivity index (χ2n) is 6.38. The van der Waals surface area contributed by atoms with E-state index in [2.05, 4.69) is 40.8 Å². The molecule has 0 amide bonds. The zero-order valence-corrected chi connectivity index (χ0v) is 13.7. The van der Waals surface area contributed by atoms with Crippen molar-refractivity contribution >= 4 is 5.95 Å². The maximum atomic E-state index is 6.11. The first-order valence-corrected chi connectivity index (χ1v) is 8.10. The van der Waals surface area contributed by atoms with E-state index in [0.717, 1.165) is 45.3 Å². The molecule has 0 aliphatic carbocycles. The quantitative estimate of drug-likeness (QED) is 0.776. The number of hydrogen-bond donors (Lipinski definition) is 0. The van der Waals surface area contributed by atoms with Gasteiger partial charge in [-0.25, -0.2) is 9.97 Å². The summed E-state index contributed by atoms with van der Waals surface area (Å²) >= 11 is 0. The number of aromatic nitrogens is 2. The van der Waals surface area contributed by atoms with Crippen molar-refractivity contribution in [3.8, 4) is 0 Å². The van der Waals surface area contributed by atoms with Gasteiger partial charge in [0.1, 0.15) is 0 Å². The van der Waals surface area contributed by atoms with Crippen molar-refractivity contribution in [2.24, 2.45) is 5.92 Å². The van der Waals surface area contributed by atoms with Crippen molar-refractivity contribution < 1.29 is 9.47 Å². The summed E-state index contributed by atoms with van der Waals surface area (Å²) < 4.78 is 11.8. The van der Waals surface area contributed by atoms with Gasteiger partial charge in [0, 0.05) is 31.4 Å². The van der Waals surface area contributed by atoms with Crippen LogP contribution in [0.3, 0.4) is 0 Å². The van der Waals surface area contributed by atoms with Crippen LogP contribution in [0.2, 0.25) is 0 Å². The molecule has 0 saturated carbocycles. The number of likely N-dealkylation sites (N-methyl/N-ethyl adjacent to an activating group) is 1. The molecule has 6 nitrogen and oxygen atoms in total. The van der Waals surface area contributed by atoms with Crippen molar-refractivity contribution in [3.05, 3.63) is 18.0 Å². The monoisotopic (exact) mass is 306 g/mol. The van der Waals surface area contributed by atoms with Crippen LogP contribution in [0.1, 0.15) is 12.5 Å². The van der Waals surface area contributed by atoms with Crippen molar-refractivity contribution in [3.63, 3.8) is 0 Å². The van der Waals surface area contributed by atoms with Gasteiger partial charge in [0.25, 0.3) is 0 Å². The zero-order chi connectivity index (χ0) is 15.5. The molecule has 0 unspecified atom stereocenters. The fourth-order valence-electron chi connectivity index (χ4n) is 3.17. The van der Waals surface area contributed by atoms with Crippen LogP contribution >= 0.6 is 0 Å². The molecule has 0 bridgehead atoms. The molecule has 2 fully saturated rings. The maximum absolute atomic E-state index is 6.11. The summed E-state index contributed by atoms with van der Waals surface area (Å²) in [5, 5.41) is 0. The first-order valence-electron chi connectivity index (χ1n) is 8.10. The van der Waals surface area contributed by atoms with Crippen molar-refractivity contribution in [2.75, 3.05) is 51.9 Å². The van der Waals surface area contributed by atoms with Crippen molar-refractivity contribution in [1.82, 2.24) is 14.9 Å². The minimum atomic E-state index is 0.210. The molecule has 122 valence electrons. The fourth-order valence-corrected chi connectivity index (χ4v) is 3.17. The standard InChI is InChI=1S/C16H26N4O2/c1-4-12-7-17-16(18-8-12)20-9-15(22-6-5-19(2)3)13-10-21-11-14(13)20/h7-8,13-15H,4-6,9-11H2,1-3H3/t13-,14+,15+/m1/s1. The molecule has 2 aliphatic rings. The molecule has 22 heavy (non-hydrogen) atoms. The van der Waals surface area contributed by atoms with Gasteiger partial charge in [-0.15, -0.1) is 0 Å². The van der Waals surface area contributed by atoms with E-state index in [1.165, 1.54) is 5.56 Å². The van der Waals surface area contributed by atoms with E-state index in [9.17, 15) is 0 Å². The van der Waals surface area contributed by atoms with E-state index in [0.29, 0.717) is 12.0 Å². The van der Waals surface area contributed by atoms with Crippen LogP contribution in [0, 0.1) is 5.92 Å². The van der Waals surface area contributed by atoms with Crippen molar-refractivity contribution in [1.29, 1.82) is 0 Å². The van der Waals surface area contributed by atoms with Crippen LogP contribution in [-0.2, 0) is 15.9 Å². The number of anilines is 1. The van der Waals surface area contributed by atoms with E-state index < -0.39 is 0 Å². The predicted octanol–water partition coefficient (Wildman–Crippen LogP) is 0.821. The van der Waals surface area contributed by atoms with E-state index in [-0.39, 0.29) is 6.10 Å². The summed E-state index contributed by atoms with van der Waals surface area (Å²) in [6.45, 7) is 6.19. The lowest BCUT2D eigenvalue weighted by Gasteiger charge is -2.22. The Hall–Kier alpha value is -1.24. The lowest BCUT2D eigenvalue weighted by atomic mass is 10.0. The summed E-state index contributed by atoms with van der Waals surface area (Å²) in [7, 11) is 4.13. The molecule has 1 aromatic rings. The molecule has 0 spiro atoms. The van der Waals surface area contributed by atoms with Crippen LogP contribution in [-0.4, -0.2) is 74.0 Å². The highest BCUT2D eigenvalue weighted by molar-refractivity contribution is 5.36. The Kier molecular flexibility index (Phi) is 4.90. The minimum Gasteiger partial charge on any atom is -0.379 e. The Labute approximate surface area is 132 Å². The third kappa shape index (κ3) is 3.24. The lowest BCUT2D eigenvalue weighted by molar-refractivity contribution is 0.0204. The molecule has 1 aromatic heterocycles. The molecule has 3 heterocycles. The van der Waals surface area contributed by atoms with Crippen LogP contribution in [0.4, 0.5) is 5.95 Å². The maximum Gasteiger partial charge on any atom is 0.225 e. The van der Waals surface area contributed by atoms with E-state index in [1.807, 2.05) is 12.4 Å². The van der Waals surface area contributed by atoms with Gasteiger partial charge in [-0.1, -0.05) is 6.92 Å². The average molecular weight is 306 g/mol. The molecule has 3 rings (SSSR count).